The summed E-state index contributed by atoms with van der Waals surface area (Å²) in [4.78, 5) is 23.8. The summed E-state index contributed by atoms with van der Waals surface area (Å²) in [6, 6.07) is 10.9. The van der Waals surface area contributed by atoms with Gasteiger partial charge in [0.2, 0.25) is 0 Å². The van der Waals surface area contributed by atoms with Crippen molar-refractivity contribution < 1.29 is 18.7 Å². The molecule has 1 saturated carbocycles. The first-order valence-electron chi connectivity index (χ1n) is 9.50. The molecule has 1 aromatic carbocycles. The van der Waals surface area contributed by atoms with Gasteiger partial charge in [0.1, 0.15) is 11.5 Å². The summed E-state index contributed by atoms with van der Waals surface area (Å²) < 4.78 is 10.5. The summed E-state index contributed by atoms with van der Waals surface area (Å²) >= 11 is 0. The lowest BCUT2D eigenvalue weighted by Gasteiger charge is -2.22. The molecular formula is C21H25N3O4. The minimum absolute atomic E-state index is 0.190. The van der Waals surface area contributed by atoms with E-state index >= 15 is 0 Å². The zero-order valence-corrected chi connectivity index (χ0v) is 15.9. The number of hydrogen-bond donors (Lipinski definition) is 2. The quantitative estimate of drug-likeness (QED) is 0.435. The number of benzene rings is 1. The minimum atomic E-state index is -0.431. The lowest BCUT2D eigenvalue weighted by Crippen LogP contribution is -2.38. The van der Waals surface area contributed by atoms with Gasteiger partial charge in [0, 0.05) is 11.6 Å². The van der Waals surface area contributed by atoms with E-state index in [2.05, 4.69) is 15.8 Å². The fraction of sp³-hybridized carbons (Fsp3) is 0.381. The first-order valence-corrected chi connectivity index (χ1v) is 9.50. The van der Waals surface area contributed by atoms with Crippen molar-refractivity contribution in [2.24, 2.45) is 5.10 Å². The van der Waals surface area contributed by atoms with E-state index in [1.807, 2.05) is 6.07 Å². The van der Waals surface area contributed by atoms with Crippen molar-refractivity contribution in [3.05, 3.63) is 47.7 Å². The fourth-order valence-corrected chi connectivity index (χ4v) is 3.30. The van der Waals surface area contributed by atoms with E-state index in [9.17, 15) is 9.59 Å². The molecule has 2 aromatic rings. The van der Waals surface area contributed by atoms with Crippen molar-refractivity contribution in [3.63, 3.8) is 0 Å². The van der Waals surface area contributed by atoms with Crippen molar-refractivity contribution in [2.45, 2.75) is 38.1 Å². The van der Waals surface area contributed by atoms with Gasteiger partial charge in [0.15, 0.2) is 0 Å². The first kappa shape index (κ1) is 19.8. The van der Waals surface area contributed by atoms with Crippen LogP contribution in [-0.4, -0.2) is 37.8 Å². The maximum atomic E-state index is 11.9. The van der Waals surface area contributed by atoms with Gasteiger partial charge in [-0.15, -0.1) is 0 Å². The molecule has 0 saturated heterocycles. The average molecular weight is 383 g/mol. The Labute approximate surface area is 164 Å². The molecule has 0 radical (unpaired) electrons. The Morgan fingerprint density at radius 1 is 1.18 bits per heavy atom. The molecule has 1 aliphatic carbocycles. The lowest BCUT2D eigenvalue weighted by atomic mass is 9.95. The number of hydrogen-bond acceptors (Lipinski definition) is 6. The van der Waals surface area contributed by atoms with Crippen molar-refractivity contribution in [3.8, 4) is 11.3 Å². The number of amides is 1. The number of ether oxygens (including phenoxy) is 1. The van der Waals surface area contributed by atoms with Crippen LogP contribution in [0.15, 0.2) is 45.9 Å². The summed E-state index contributed by atoms with van der Waals surface area (Å²) in [6.07, 6.45) is 7.40. The number of hydrazone groups is 1. The number of methoxy groups -OCH3 is 1. The van der Waals surface area contributed by atoms with Crippen LogP contribution in [0, 0.1) is 0 Å². The van der Waals surface area contributed by atoms with Crippen LogP contribution in [0.1, 0.15) is 48.2 Å². The summed E-state index contributed by atoms with van der Waals surface area (Å²) in [7, 11) is 1.34. The second kappa shape index (κ2) is 9.85. The standard InChI is InChI=1S/C21H25N3O4/c1-27-21(26)18-10-6-5-9-17(18)19-12-11-16(28-19)13-23-24-20(25)14-22-15-7-3-2-4-8-15/h5-6,9-13,15,22H,2-4,7-8,14H2,1H3,(H,24,25)/b23-13-. The molecule has 7 heteroatoms. The highest BCUT2D eigenvalue weighted by Crippen LogP contribution is 2.26. The number of nitrogens with zero attached hydrogens (tertiary/aromatic N) is 1. The number of carbonyl (C=O) groups excluding carboxylic acids is 2. The lowest BCUT2D eigenvalue weighted by molar-refractivity contribution is -0.120. The molecule has 1 aromatic heterocycles. The van der Waals surface area contributed by atoms with Crippen LogP contribution in [0.5, 0.6) is 0 Å². The van der Waals surface area contributed by atoms with E-state index in [-0.39, 0.29) is 12.5 Å². The molecule has 7 nitrogen and oxygen atoms in total. The van der Waals surface area contributed by atoms with Gasteiger partial charge >= 0.3 is 5.97 Å². The van der Waals surface area contributed by atoms with Gasteiger partial charge in [-0.1, -0.05) is 37.5 Å². The van der Waals surface area contributed by atoms with Crippen LogP contribution in [0.4, 0.5) is 0 Å². The largest absolute Gasteiger partial charge is 0.465 e. The average Bonchev–Trinajstić information content (AvgIpc) is 3.21. The number of carbonyl (C=O) groups is 2. The van der Waals surface area contributed by atoms with Crippen LogP contribution in [0.25, 0.3) is 11.3 Å². The molecule has 1 amide bonds. The van der Waals surface area contributed by atoms with Crippen molar-refractivity contribution in [2.75, 3.05) is 13.7 Å². The highest BCUT2D eigenvalue weighted by Gasteiger charge is 2.15. The van der Waals surface area contributed by atoms with Gasteiger partial charge in [0.05, 0.1) is 25.4 Å². The Hall–Kier alpha value is -2.93. The van der Waals surface area contributed by atoms with E-state index in [0.29, 0.717) is 28.7 Å². The SMILES string of the molecule is COC(=O)c1ccccc1-c1ccc(/C=N\NC(=O)CNC2CCCCC2)o1. The molecule has 148 valence electrons. The van der Waals surface area contributed by atoms with Crippen LogP contribution in [0.2, 0.25) is 0 Å². The van der Waals surface area contributed by atoms with Gasteiger partial charge in [-0.25, -0.2) is 10.2 Å². The van der Waals surface area contributed by atoms with Gasteiger partial charge < -0.3 is 14.5 Å². The highest BCUT2D eigenvalue weighted by molar-refractivity contribution is 5.96. The van der Waals surface area contributed by atoms with E-state index in [1.165, 1.54) is 32.6 Å². The second-order valence-electron chi connectivity index (χ2n) is 6.75. The summed E-state index contributed by atoms with van der Waals surface area (Å²) in [5.74, 6) is 0.368. The van der Waals surface area contributed by atoms with Gasteiger partial charge in [-0.2, -0.15) is 5.10 Å². The van der Waals surface area contributed by atoms with Crippen molar-refractivity contribution in [1.29, 1.82) is 0 Å². The summed E-state index contributed by atoms with van der Waals surface area (Å²) in [5.41, 5.74) is 3.55. The fourth-order valence-electron chi connectivity index (χ4n) is 3.30. The van der Waals surface area contributed by atoms with Gasteiger partial charge in [-0.05, 0) is 31.0 Å². The zero-order chi connectivity index (χ0) is 19.8. The Kier molecular flexibility index (Phi) is 6.97. The molecule has 1 aliphatic rings. The van der Waals surface area contributed by atoms with E-state index < -0.39 is 5.97 Å². The first-order chi connectivity index (χ1) is 13.7. The number of rotatable bonds is 7. The van der Waals surface area contributed by atoms with Crippen molar-refractivity contribution in [1.82, 2.24) is 10.7 Å². The van der Waals surface area contributed by atoms with Crippen molar-refractivity contribution >= 4 is 18.1 Å². The number of nitrogens with one attached hydrogen (secondary N) is 2. The summed E-state index contributed by atoms with van der Waals surface area (Å²) in [5, 5.41) is 7.20. The molecule has 0 spiro atoms. The van der Waals surface area contributed by atoms with Gasteiger partial charge in [-0.3, -0.25) is 4.79 Å². The van der Waals surface area contributed by atoms with E-state index in [0.717, 1.165) is 12.8 Å². The summed E-state index contributed by atoms with van der Waals surface area (Å²) in [6.45, 7) is 0.248. The molecule has 1 fully saturated rings. The monoisotopic (exact) mass is 383 g/mol. The zero-order valence-electron chi connectivity index (χ0n) is 15.9. The maximum Gasteiger partial charge on any atom is 0.338 e. The number of furan rings is 1. The predicted octanol–water partition coefficient (Wildman–Crippen LogP) is 3.11. The van der Waals surface area contributed by atoms with Crippen LogP contribution in [-0.2, 0) is 9.53 Å². The molecule has 0 unspecified atom stereocenters. The molecule has 2 N–H and O–H groups in total. The molecule has 0 bridgehead atoms. The minimum Gasteiger partial charge on any atom is -0.465 e. The molecule has 3 rings (SSSR count). The number of esters is 1. The smallest absolute Gasteiger partial charge is 0.338 e. The maximum absolute atomic E-state index is 11.9. The third-order valence-corrected chi connectivity index (χ3v) is 4.76. The second-order valence-corrected chi connectivity index (χ2v) is 6.75. The Morgan fingerprint density at radius 2 is 1.96 bits per heavy atom. The molecule has 1 heterocycles. The van der Waals surface area contributed by atoms with E-state index in [1.54, 1.807) is 30.3 Å². The Balaban J connectivity index is 1.54. The highest BCUT2D eigenvalue weighted by atomic mass is 16.5. The van der Waals surface area contributed by atoms with Gasteiger partial charge in [0.25, 0.3) is 5.91 Å². The third-order valence-electron chi connectivity index (χ3n) is 4.76. The third kappa shape index (κ3) is 5.29. The normalized spacial score (nSPS) is 14.9. The molecule has 0 aliphatic heterocycles. The predicted molar refractivity (Wildman–Crippen MR) is 106 cm³/mol. The Bertz CT molecular complexity index is 838. The van der Waals surface area contributed by atoms with Crippen LogP contribution < -0.4 is 10.7 Å². The Morgan fingerprint density at radius 3 is 2.75 bits per heavy atom. The molecular weight excluding hydrogens is 358 g/mol. The van der Waals surface area contributed by atoms with Crippen LogP contribution >= 0.6 is 0 Å². The van der Waals surface area contributed by atoms with E-state index in [4.69, 9.17) is 9.15 Å². The molecule has 28 heavy (non-hydrogen) atoms. The van der Waals surface area contributed by atoms with Crippen LogP contribution in [0.3, 0.4) is 0 Å². The molecule has 0 atom stereocenters. The topological polar surface area (TPSA) is 92.9 Å².